The molecule has 0 spiro atoms. The highest BCUT2D eigenvalue weighted by Crippen LogP contribution is 2.77. The topological polar surface area (TPSA) is 127 Å². The zero-order valence-electron chi connectivity index (χ0n) is 41.6. The van der Waals surface area contributed by atoms with Gasteiger partial charge in [-0.15, -0.1) is 0 Å². The fourth-order valence-corrected chi connectivity index (χ4v) is 15.7. The number of allylic oxidation sites excluding steroid dienone is 1. The van der Waals surface area contributed by atoms with Crippen LogP contribution in [0.1, 0.15) is 152 Å². The second-order valence-corrected chi connectivity index (χ2v) is 24.4. The molecule has 9 rings (SSSR count). The molecule has 1 heterocycles. The average Bonchev–Trinajstić information content (AvgIpc) is 3.89. The number of nitrogens with one attached hydrogen (secondary N) is 2. The highest BCUT2D eigenvalue weighted by molar-refractivity contribution is 6.07. The van der Waals surface area contributed by atoms with Gasteiger partial charge in [-0.2, -0.15) is 0 Å². The van der Waals surface area contributed by atoms with Gasteiger partial charge in [0.05, 0.1) is 34.7 Å². The van der Waals surface area contributed by atoms with Crippen LogP contribution in [0, 0.1) is 68.0 Å². The highest BCUT2D eigenvalue weighted by atomic mass is 16.5. The number of esters is 2. The minimum atomic E-state index is -0.876. The summed E-state index contributed by atoms with van der Waals surface area (Å²) < 4.78 is 12.3. The Morgan fingerprint density at radius 3 is 2.12 bits per heavy atom. The van der Waals surface area contributed by atoms with Gasteiger partial charge in [0.2, 0.25) is 5.91 Å². The molecule has 0 aliphatic heterocycles. The highest BCUT2D eigenvalue weighted by Gasteiger charge is 2.71. The predicted octanol–water partition coefficient (Wildman–Crippen LogP) is 11.7. The fraction of sp³-hybridized carbons (Fsp3) is 0.632. The zero-order valence-corrected chi connectivity index (χ0v) is 41.6. The smallest absolute Gasteiger partial charge is 0.309 e. The number of H-pyrrole nitrogens is 1. The Labute approximate surface area is 393 Å². The van der Waals surface area contributed by atoms with Gasteiger partial charge in [-0.05, 0) is 139 Å². The van der Waals surface area contributed by atoms with Crippen LogP contribution in [0.3, 0.4) is 0 Å². The number of aromatic amines is 1. The van der Waals surface area contributed by atoms with E-state index in [2.05, 4.69) is 58.8 Å². The Bertz CT molecular complexity index is 2430. The van der Waals surface area contributed by atoms with Gasteiger partial charge in [0.15, 0.2) is 5.78 Å². The third-order valence-corrected chi connectivity index (χ3v) is 19.8. The standard InChI is InChI=1S/C57H75N3O6/c1-34(2)45-41(61)31-57(50(64)60-53(7,8)49-58-32-40(59-49)36-20-16-13-17-21-36)29-28-55(10)37(46(45)57)22-23-43-54(9)26-25-44(52(5,6)42(54)24-27-56(43,55)11)66-48(63)39-30-38(51(39,3)4)47(62)65-33-35-18-14-12-15-19-35/h12-21,32,34,37-39,42-44H,22-31,33H2,1-11H3,(H,58,59)(H,60,64)/t37-,38+,39-,42+,43-,44+,54+,55-,56-,57-/m1/s1. The van der Waals surface area contributed by atoms with Crippen LogP contribution in [0.5, 0.6) is 0 Å². The van der Waals surface area contributed by atoms with E-state index >= 15 is 4.79 Å². The van der Waals surface area contributed by atoms with Crippen molar-refractivity contribution < 1.29 is 28.7 Å². The molecule has 5 fully saturated rings. The molecule has 354 valence electrons. The van der Waals surface area contributed by atoms with Crippen molar-refractivity contribution in [3.05, 3.63) is 89.4 Å². The van der Waals surface area contributed by atoms with E-state index in [-0.39, 0.29) is 88.1 Å². The molecule has 2 N–H and O–H groups in total. The molecule has 6 aliphatic rings. The third-order valence-electron chi connectivity index (χ3n) is 19.8. The summed E-state index contributed by atoms with van der Waals surface area (Å²) in [6, 6.07) is 19.8. The molecule has 1 amide bonds. The minimum Gasteiger partial charge on any atom is -0.462 e. The zero-order chi connectivity index (χ0) is 47.4. The van der Waals surface area contributed by atoms with Crippen LogP contribution in [0.25, 0.3) is 11.3 Å². The Balaban J connectivity index is 0.918. The van der Waals surface area contributed by atoms with Crippen LogP contribution >= 0.6 is 0 Å². The number of imidazole rings is 1. The second kappa shape index (κ2) is 16.0. The third kappa shape index (κ3) is 7.00. The number of fused-ring (bicyclic) bond motifs is 7. The molecule has 2 aromatic carbocycles. The Kier molecular flexibility index (Phi) is 11.3. The van der Waals surface area contributed by atoms with Gasteiger partial charge in [0.1, 0.15) is 18.5 Å². The number of rotatable bonds is 10. The predicted molar refractivity (Wildman–Crippen MR) is 256 cm³/mol. The fourth-order valence-electron chi connectivity index (χ4n) is 15.7. The van der Waals surface area contributed by atoms with Crippen molar-refractivity contribution in [3.8, 4) is 11.3 Å². The van der Waals surface area contributed by atoms with E-state index in [1.54, 1.807) is 0 Å². The quantitative estimate of drug-likeness (QED) is 0.194. The molecule has 0 radical (unpaired) electrons. The van der Waals surface area contributed by atoms with Crippen LogP contribution in [-0.4, -0.2) is 39.7 Å². The number of carbonyl (C=O) groups is 4. The van der Waals surface area contributed by atoms with Gasteiger partial charge in [0, 0.05) is 11.8 Å². The lowest BCUT2D eigenvalue weighted by Gasteiger charge is -2.72. The number of aromatic nitrogens is 2. The molecule has 10 atom stereocenters. The lowest BCUT2D eigenvalue weighted by molar-refractivity contribution is -0.236. The normalized spacial score (nSPS) is 35.4. The number of benzene rings is 2. The van der Waals surface area contributed by atoms with Crippen molar-refractivity contribution in [2.24, 2.45) is 68.0 Å². The van der Waals surface area contributed by atoms with Crippen LogP contribution in [0.2, 0.25) is 0 Å². The summed E-state index contributed by atoms with van der Waals surface area (Å²) in [4.78, 5) is 65.1. The molecule has 5 saturated carbocycles. The largest absolute Gasteiger partial charge is 0.462 e. The number of carbonyl (C=O) groups excluding carboxylic acids is 4. The van der Waals surface area contributed by atoms with Gasteiger partial charge in [-0.3, -0.25) is 19.2 Å². The van der Waals surface area contributed by atoms with Crippen LogP contribution in [0.4, 0.5) is 0 Å². The first-order chi connectivity index (χ1) is 31.0. The number of hydrogen-bond donors (Lipinski definition) is 2. The van der Waals surface area contributed by atoms with Gasteiger partial charge < -0.3 is 19.8 Å². The Hall–Kier alpha value is -4.53. The summed E-state index contributed by atoms with van der Waals surface area (Å²) in [5.41, 5.74) is 2.40. The molecule has 1 aromatic heterocycles. The van der Waals surface area contributed by atoms with E-state index in [4.69, 9.17) is 14.5 Å². The monoisotopic (exact) mass is 898 g/mol. The van der Waals surface area contributed by atoms with E-state index < -0.39 is 16.4 Å². The maximum absolute atomic E-state index is 15.2. The van der Waals surface area contributed by atoms with Crippen molar-refractivity contribution in [2.75, 3.05) is 0 Å². The molecular weight excluding hydrogens is 823 g/mol. The molecule has 9 nitrogen and oxygen atoms in total. The van der Waals surface area contributed by atoms with Crippen molar-refractivity contribution >= 4 is 23.6 Å². The van der Waals surface area contributed by atoms with Crippen LogP contribution in [0.15, 0.2) is 78.0 Å². The van der Waals surface area contributed by atoms with E-state index in [0.717, 1.165) is 72.9 Å². The molecule has 0 unspecified atom stereocenters. The van der Waals surface area contributed by atoms with Crippen molar-refractivity contribution in [1.29, 1.82) is 0 Å². The van der Waals surface area contributed by atoms with E-state index in [9.17, 15) is 14.4 Å². The lowest BCUT2D eigenvalue weighted by Crippen LogP contribution is -2.66. The van der Waals surface area contributed by atoms with Crippen molar-refractivity contribution in [3.63, 3.8) is 0 Å². The lowest BCUT2D eigenvalue weighted by atomic mass is 9.33. The number of ketones is 1. The maximum atomic E-state index is 15.2. The minimum absolute atomic E-state index is 0.00844. The molecule has 0 saturated heterocycles. The summed E-state index contributed by atoms with van der Waals surface area (Å²) >= 11 is 0. The van der Waals surface area contributed by atoms with Gasteiger partial charge >= 0.3 is 11.9 Å². The van der Waals surface area contributed by atoms with Gasteiger partial charge in [0.25, 0.3) is 0 Å². The summed E-state index contributed by atoms with van der Waals surface area (Å²) in [5.74, 6) is 0.641. The van der Waals surface area contributed by atoms with E-state index in [1.807, 2.05) is 94.6 Å². The van der Waals surface area contributed by atoms with Gasteiger partial charge in [-0.25, -0.2) is 4.98 Å². The number of Topliss-reactive ketones (excluding diaryl/α,β-unsaturated/α-hetero) is 1. The summed E-state index contributed by atoms with van der Waals surface area (Å²) in [7, 11) is 0. The first-order valence-electron chi connectivity index (χ1n) is 25.1. The second-order valence-electron chi connectivity index (χ2n) is 24.4. The van der Waals surface area contributed by atoms with Crippen LogP contribution < -0.4 is 5.32 Å². The summed E-state index contributed by atoms with van der Waals surface area (Å²) in [6.45, 7) is 24.8. The molecule has 9 heteroatoms. The molecule has 6 aliphatic carbocycles. The Morgan fingerprint density at radius 2 is 1.45 bits per heavy atom. The van der Waals surface area contributed by atoms with Gasteiger partial charge in [-0.1, -0.05) is 123 Å². The van der Waals surface area contributed by atoms with Crippen molar-refractivity contribution in [2.45, 2.75) is 159 Å². The first-order valence-corrected chi connectivity index (χ1v) is 25.1. The maximum Gasteiger partial charge on any atom is 0.309 e. The number of hydrogen-bond acceptors (Lipinski definition) is 7. The number of ether oxygens (including phenoxy) is 2. The van der Waals surface area contributed by atoms with E-state index in [0.29, 0.717) is 30.5 Å². The molecule has 3 aromatic rings. The SMILES string of the molecule is CC(C)C1=C2[C@H]3CC[C@@H]4[C@@]5(C)CC[C@H](OC(=O)[C@H]6C[C@@H](C(=O)OCc7ccccc7)C6(C)C)C(C)(C)[C@@H]5CC[C@@]4(C)[C@]3(C)CC[C@@]2(C(=O)NC(C)(C)c2ncc(-c3ccccc3)[nH]2)CC1=O. The van der Waals surface area contributed by atoms with Crippen LogP contribution in [-0.2, 0) is 40.8 Å². The summed E-state index contributed by atoms with van der Waals surface area (Å²) in [5, 5.41) is 3.45. The molecular formula is C57H75N3O6. The molecule has 0 bridgehead atoms. The Morgan fingerprint density at radius 1 is 0.788 bits per heavy atom. The number of nitrogens with zero attached hydrogens (tertiary/aromatic N) is 1. The summed E-state index contributed by atoms with van der Waals surface area (Å²) in [6.07, 6.45) is 9.77. The number of amides is 1. The van der Waals surface area contributed by atoms with Crippen molar-refractivity contribution in [1.82, 2.24) is 15.3 Å². The molecule has 66 heavy (non-hydrogen) atoms. The average molecular weight is 898 g/mol. The van der Waals surface area contributed by atoms with E-state index in [1.165, 1.54) is 0 Å². The first kappa shape index (κ1) is 46.6.